The summed E-state index contributed by atoms with van der Waals surface area (Å²) in [6.07, 6.45) is 0. The molecule has 0 spiro atoms. The van der Waals surface area contributed by atoms with Crippen molar-refractivity contribution >= 4 is 27.7 Å². The van der Waals surface area contributed by atoms with E-state index in [0.717, 1.165) is 0 Å². The highest BCUT2D eigenvalue weighted by molar-refractivity contribution is 9.10. The largest absolute Gasteiger partial charge is 0.350 e. The lowest BCUT2D eigenvalue weighted by Crippen LogP contribution is -2.40. The van der Waals surface area contributed by atoms with Gasteiger partial charge in [0.2, 0.25) is 5.91 Å². The van der Waals surface area contributed by atoms with Gasteiger partial charge in [-0.3, -0.25) is 9.59 Å². The molecule has 2 N–H and O–H groups in total. The fourth-order valence-electron chi connectivity index (χ4n) is 2.75. The van der Waals surface area contributed by atoms with Gasteiger partial charge in [0.1, 0.15) is 11.9 Å². The van der Waals surface area contributed by atoms with Crippen molar-refractivity contribution in [2.75, 3.05) is 0 Å². The number of rotatable bonds is 6. The van der Waals surface area contributed by atoms with Crippen LogP contribution in [0.5, 0.6) is 0 Å². The molecule has 0 heterocycles. The Kier molecular flexibility index (Phi) is 6.55. The van der Waals surface area contributed by atoms with E-state index in [4.69, 9.17) is 0 Å². The first-order valence-electron chi connectivity index (χ1n) is 8.66. The Morgan fingerprint density at radius 2 is 1.57 bits per heavy atom. The summed E-state index contributed by atoms with van der Waals surface area (Å²) in [5.41, 5.74) is 1.73. The van der Waals surface area contributed by atoms with E-state index in [-0.39, 0.29) is 18.4 Å². The Morgan fingerprint density at radius 1 is 0.929 bits per heavy atom. The number of nitrogens with one attached hydrogen (secondary N) is 2. The fourth-order valence-corrected chi connectivity index (χ4v) is 3.27. The second-order valence-electron chi connectivity index (χ2n) is 6.18. The number of hydrogen-bond donors (Lipinski definition) is 2. The minimum absolute atomic E-state index is 0.139. The predicted octanol–water partition coefficient (Wildman–Crippen LogP) is 4.38. The first kappa shape index (κ1) is 19.8. The Hall–Kier alpha value is -2.99. The fraction of sp³-hybridized carbons (Fsp3) is 0.0909. The lowest BCUT2D eigenvalue weighted by molar-refractivity contribution is -0.123. The van der Waals surface area contributed by atoms with Crippen molar-refractivity contribution < 1.29 is 14.0 Å². The molecule has 3 rings (SSSR count). The summed E-state index contributed by atoms with van der Waals surface area (Å²) in [6, 6.07) is 21.2. The van der Waals surface area contributed by atoms with Crippen LogP contribution in [0.25, 0.3) is 0 Å². The van der Waals surface area contributed by atoms with Crippen LogP contribution in [-0.2, 0) is 11.3 Å². The zero-order chi connectivity index (χ0) is 19.9. The highest BCUT2D eigenvalue weighted by Gasteiger charge is 2.23. The van der Waals surface area contributed by atoms with Crippen LogP contribution >= 0.6 is 15.9 Å². The van der Waals surface area contributed by atoms with Crippen LogP contribution in [0.2, 0.25) is 0 Å². The molecule has 0 aliphatic rings. The zero-order valence-electron chi connectivity index (χ0n) is 14.9. The summed E-state index contributed by atoms with van der Waals surface area (Å²) < 4.78 is 14.1. The molecule has 0 bridgehead atoms. The van der Waals surface area contributed by atoms with Gasteiger partial charge in [0.15, 0.2) is 0 Å². The highest BCUT2D eigenvalue weighted by atomic mass is 79.9. The summed E-state index contributed by atoms with van der Waals surface area (Å²) in [7, 11) is 0. The van der Waals surface area contributed by atoms with Crippen LogP contribution < -0.4 is 10.6 Å². The molecule has 4 nitrogen and oxygen atoms in total. The molecule has 0 radical (unpaired) electrons. The Balaban J connectivity index is 1.76. The van der Waals surface area contributed by atoms with Gasteiger partial charge in [0.25, 0.3) is 5.91 Å². The third kappa shape index (κ3) is 5.27. The number of hydrogen-bond acceptors (Lipinski definition) is 2. The first-order valence-corrected chi connectivity index (χ1v) is 9.46. The van der Waals surface area contributed by atoms with Gasteiger partial charge in [-0.1, -0.05) is 64.5 Å². The normalized spacial score (nSPS) is 11.5. The Bertz CT molecular complexity index is 945. The van der Waals surface area contributed by atoms with Crippen LogP contribution in [0.4, 0.5) is 4.39 Å². The van der Waals surface area contributed by atoms with Crippen molar-refractivity contribution in [2.45, 2.75) is 12.6 Å². The molecule has 0 saturated heterocycles. The maximum atomic E-state index is 13.5. The average Bonchev–Trinajstić information content (AvgIpc) is 2.70. The van der Waals surface area contributed by atoms with Gasteiger partial charge in [-0.05, 0) is 41.5 Å². The second-order valence-corrected chi connectivity index (χ2v) is 7.09. The molecular formula is C22H18BrFN2O2. The molecular weight excluding hydrogens is 423 g/mol. The minimum Gasteiger partial charge on any atom is -0.350 e. The molecule has 0 aliphatic carbocycles. The van der Waals surface area contributed by atoms with Crippen molar-refractivity contribution in [1.29, 1.82) is 0 Å². The van der Waals surface area contributed by atoms with E-state index in [0.29, 0.717) is 21.2 Å². The van der Waals surface area contributed by atoms with Gasteiger partial charge in [0, 0.05) is 16.6 Å². The molecule has 1 unspecified atom stereocenters. The first-order chi connectivity index (χ1) is 13.5. The van der Waals surface area contributed by atoms with Crippen molar-refractivity contribution in [1.82, 2.24) is 10.6 Å². The predicted molar refractivity (Wildman–Crippen MR) is 109 cm³/mol. The molecule has 0 fully saturated rings. The van der Waals surface area contributed by atoms with Crippen LogP contribution in [0.3, 0.4) is 0 Å². The van der Waals surface area contributed by atoms with E-state index < -0.39 is 11.9 Å². The van der Waals surface area contributed by atoms with E-state index in [2.05, 4.69) is 26.6 Å². The van der Waals surface area contributed by atoms with Crippen molar-refractivity contribution in [3.63, 3.8) is 0 Å². The average molecular weight is 441 g/mol. The molecule has 28 heavy (non-hydrogen) atoms. The number of carbonyl (C=O) groups excluding carboxylic acids is 2. The van der Waals surface area contributed by atoms with Gasteiger partial charge in [-0.15, -0.1) is 0 Å². The molecule has 0 saturated carbocycles. The smallest absolute Gasteiger partial charge is 0.252 e. The van der Waals surface area contributed by atoms with E-state index in [1.54, 1.807) is 54.6 Å². The van der Waals surface area contributed by atoms with E-state index >= 15 is 0 Å². The summed E-state index contributed by atoms with van der Waals surface area (Å²) >= 11 is 3.23. The lowest BCUT2D eigenvalue weighted by atomic mass is 10.0. The molecule has 142 valence electrons. The monoisotopic (exact) mass is 440 g/mol. The van der Waals surface area contributed by atoms with Crippen LogP contribution in [0.15, 0.2) is 83.3 Å². The maximum Gasteiger partial charge on any atom is 0.252 e. The number of carbonyl (C=O) groups is 2. The lowest BCUT2D eigenvalue weighted by Gasteiger charge is -2.19. The molecule has 3 aromatic rings. The van der Waals surface area contributed by atoms with Crippen molar-refractivity contribution in [2.24, 2.45) is 0 Å². The minimum atomic E-state index is -0.870. The molecule has 1 atom stereocenters. The van der Waals surface area contributed by atoms with E-state index in [1.807, 2.05) is 12.1 Å². The van der Waals surface area contributed by atoms with Gasteiger partial charge in [0.05, 0.1) is 0 Å². The molecule has 2 amide bonds. The third-order valence-corrected chi connectivity index (χ3v) is 4.55. The second kappa shape index (κ2) is 9.28. The van der Waals surface area contributed by atoms with Crippen LogP contribution in [0, 0.1) is 5.82 Å². The topological polar surface area (TPSA) is 58.2 Å². The SMILES string of the molecule is O=C(NC(C(=O)NCc1cc(F)cc(Br)c1)c1ccccc1)c1ccccc1. The standard InChI is InChI=1S/C22H18BrFN2O2/c23-18-11-15(12-19(24)13-18)14-25-22(28)20(16-7-3-1-4-8-16)26-21(27)17-9-5-2-6-10-17/h1-13,20H,14H2,(H,25,28)(H,26,27). The van der Waals surface area contributed by atoms with Gasteiger partial charge in [-0.25, -0.2) is 4.39 Å². The number of benzene rings is 3. The van der Waals surface area contributed by atoms with Gasteiger partial charge >= 0.3 is 0 Å². The quantitative estimate of drug-likeness (QED) is 0.597. The van der Waals surface area contributed by atoms with Crippen LogP contribution in [-0.4, -0.2) is 11.8 Å². The third-order valence-electron chi connectivity index (χ3n) is 4.10. The highest BCUT2D eigenvalue weighted by Crippen LogP contribution is 2.17. The summed E-state index contributed by atoms with van der Waals surface area (Å²) in [5, 5.41) is 5.54. The molecule has 0 aromatic heterocycles. The summed E-state index contributed by atoms with van der Waals surface area (Å²) in [4.78, 5) is 25.4. The zero-order valence-corrected chi connectivity index (χ0v) is 16.4. The van der Waals surface area contributed by atoms with Gasteiger partial charge < -0.3 is 10.6 Å². The van der Waals surface area contributed by atoms with Crippen molar-refractivity contribution in [3.05, 3.63) is 106 Å². The van der Waals surface area contributed by atoms with E-state index in [9.17, 15) is 14.0 Å². The maximum absolute atomic E-state index is 13.5. The molecule has 3 aromatic carbocycles. The Labute approximate surface area is 170 Å². The van der Waals surface area contributed by atoms with Crippen molar-refractivity contribution in [3.8, 4) is 0 Å². The number of halogens is 2. The molecule has 6 heteroatoms. The Morgan fingerprint density at radius 3 is 2.21 bits per heavy atom. The van der Waals surface area contributed by atoms with E-state index in [1.165, 1.54) is 12.1 Å². The van der Waals surface area contributed by atoms with Crippen LogP contribution in [0.1, 0.15) is 27.5 Å². The summed E-state index contributed by atoms with van der Waals surface area (Å²) in [5.74, 6) is -1.12. The molecule has 0 aliphatic heterocycles. The van der Waals surface area contributed by atoms with Gasteiger partial charge in [-0.2, -0.15) is 0 Å². The number of amides is 2. The summed E-state index contributed by atoms with van der Waals surface area (Å²) in [6.45, 7) is 0.139.